The lowest BCUT2D eigenvalue weighted by Crippen LogP contribution is -2.49. The summed E-state index contributed by atoms with van der Waals surface area (Å²) in [4.78, 5) is 98.0. The minimum atomic E-state index is -1.27. The number of carboxylic acid groups (broad SMARTS) is 4. The van der Waals surface area contributed by atoms with Crippen LogP contribution < -0.4 is 32.7 Å². The van der Waals surface area contributed by atoms with Crippen LogP contribution in [0.1, 0.15) is 25.7 Å². The van der Waals surface area contributed by atoms with Gasteiger partial charge in [-0.2, -0.15) is 26.1 Å². The highest BCUT2D eigenvalue weighted by atomic mass is 32.2. The molecule has 0 aliphatic heterocycles. The van der Waals surface area contributed by atoms with Crippen molar-refractivity contribution in [3.05, 3.63) is 4.91 Å². The zero-order chi connectivity index (χ0) is 32.8. The first-order chi connectivity index (χ1) is 19.5. The van der Waals surface area contributed by atoms with Crippen molar-refractivity contribution in [1.82, 2.24) is 21.3 Å². The lowest BCUT2D eigenvalue weighted by atomic mass is 10.1. The van der Waals surface area contributed by atoms with Crippen LogP contribution in [0, 0.1) is 4.91 Å². The predicted octanol–water partition coefficient (Wildman–Crippen LogP) is -3.81. The summed E-state index contributed by atoms with van der Waals surface area (Å²) in [7, 11) is 0. The number of thiol groups is 1. The summed E-state index contributed by atoms with van der Waals surface area (Å²) in [6.45, 7) is -1.21. The fraction of sp³-hybridized carbons (Fsp3) is 0.600. The number of hydrogen-bond donors (Lipinski definition) is 11. The van der Waals surface area contributed by atoms with Crippen LogP contribution >= 0.6 is 38.1 Å². The number of nitrogens with two attached hydrogens (primary N) is 2. The Kier molecular flexibility index (Phi) is 25.3. The Bertz CT molecular complexity index is 990. The molecule has 0 saturated carbocycles. The molecule has 0 bridgehead atoms. The van der Waals surface area contributed by atoms with Crippen LogP contribution in [0.4, 0.5) is 0 Å². The average molecular weight is 678 g/mol. The molecule has 20 nitrogen and oxygen atoms in total. The Labute approximate surface area is 260 Å². The first-order valence-electron chi connectivity index (χ1n) is 11.7. The van der Waals surface area contributed by atoms with Crippen LogP contribution in [-0.2, 0) is 38.4 Å². The quantitative estimate of drug-likeness (QED) is 0.0334. The number of nitroso groups, excluding NO2 is 1. The van der Waals surface area contributed by atoms with E-state index >= 15 is 0 Å². The van der Waals surface area contributed by atoms with Gasteiger partial charge in [0.1, 0.15) is 37.3 Å². The summed E-state index contributed by atoms with van der Waals surface area (Å²) in [5.74, 6) is -7.87. The van der Waals surface area contributed by atoms with Gasteiger partial charge < -0.3 is 53.2 Å². The van der Waals surface area contributed by atoms with Gasteiger partial charge in [-0.3, -0.25) is 38.4 Å². The van der Waals surface area contributed by atoms with E-state index in [2.05, 4.69) is 38.5 Å². The summed E-state index contributed by atoms with van der Waals surface area (Å²) in [6, 6.07) is -4.53. The van der Waals surface area contributed by atoms with Gasteiger partial charge in [0.2, 0.25) is 23.6 Å². The number of carboxylic acids is 4. The second-order valence-corrected chi connectivity index (χ2v) is 9.09. The van der Waals surface area contributed by atoms with E-state index in [1.54, 1.807) is 0 Å². The number of hydrogen-bond acceptors (Lipinski definition) is 14. The molecule has 12 N–H and O–H groups in total. The van der Waals surface area contributed by atoms with Gasteiger partial charge in [-0.25, -0.2) is 0 Å². The second-order valence-electron chi connectivity index (χ2n) is 7.98. The summed E-state index contributed by atoms with van der Waals surface area (Å²) in [6.07, 6.45) is -0.611. The highest BCUT2D eigenvalue weighted by molar-refractivity contribution is 7.97. The van der Waals surface area contributed by atoms with Crippen LogP contribution in [-0.4, -0.2) is 117 Å². The van der Waals surface area contributed by atoms with E-state index in [0.717, 1.165) is 0 Å². The molecule has 0 fully saturated rings. The van der Waals surface area contributed by atoms with E-state index in [0.29, 0.717) is 11.9 Å². The van der Waals surface area contributed by atoms with Crippen molar-refractivity contribution in [3.8, 4) is 0 Å². The monoisotopic (exact) mass is 677 g/mol. The van der Waals surface area contributed by atoms with Gasteiger partial charge in [0.05, 0.1) is 0 Å². The highest BCUT2D eigenvalue weighted by Gasteiger charge is 2.23. The summed E-state index contributed by atoms with van der Waals surface area (Å²) in [5.41, 5.74) is 10.5. The van der Waals surface area contributed by atoms with Crippen LogP contribution in [0.2, 0.25) is 0 Å². The number of aliphatic carboxylic acids is 4. The van der Waals surface area contributed by atoms with Gasteiger partial charge in [0, 0.05) is 40.9 Å². The third-order valence-electron chi connectivity index (χ3n) is 4.61. The maximum atomic E-state index is 11.7. The zero-order valence-electron chi connectivity index (χ0n) is 22.4. The zero-order valence-corrected chi connectivity index (χ0v) is 25.1. The maximum Gasteiger partial charge on any atom is 0.322 e. The summed E-state index contributed by atoms with van der Waals surface area (Å²) >= 11 is 4.35. The fourth-order valence-electron chi connectivity index (χ4n) is 2.41. The average Bonchev–Trinajstić information content (AvgIpc) is 2.92. The van der Waals surface area contributed by atoms with Gasteiger partial charge >= 0.3 is 23.9 Å². The van der Waals surface area contributed by atoms with Crippen molar-refractivity contribution in [1.29, 1.82) is 0 Å². The van der Waals surface area contributed by atoms with E-state index in [1.807, 2.05) is 0 Å². The number of nitrogens with zero attached hydrogens (tertiary/aromatic N) is 1. The van der Waals surface area contributed by atoms with Crippen molar-refractivity contribution in [3.63, 3.8) is 0 Å². The number of rotatable bonds is 20. The molecule has 0 rings (SSSR count). The Morgan fingerprint density at radius 3 is 1.42 bits per heavy atom. The predicted molar refractivity (Wildman–Crippen MR) is 157 cm³/mol. The molecule has 0 radical (unpaired) electrons. The van der Waals surface area contributed by atoms with Gasteiger partial charge in [0.15, 0.2) is 0 Å². The lowest BCUT2D eigenvalue weighted by Gasteiger charge is -2.16. The topological polar surface area (TPSA) is 347 Å². The summed E-state index contributed by atoms with van der Waals surface area (Å²) < 4.78 is 2.48. The van der Waals surface area contributed by atoms with Crippen molar-refractivity contribution >= 4 is 85.6 Å². The minimum Gasteiger partial charge on any atom is -0.480 e. The number of carbonyl (C=O) groups excluding carboxylic acids is 4. The molecule has 4 atom stereocenters. The molecule has 0 aliphatic rings. The maximum absolute atomic E-state index is 11.7. The van der Waals surface area contributed by atoms with Crippen molar-refractivity contribution in [2.24, 2.45) is 16.0 Å². The first-order valence-corrected chi connectivity index (χ1v) is 13.2. The van der Waals surface area contributed by atoms with Gasteiger partial charge in [-0.1, -0.05) is 0 Å². The molecule has 4 unspecified atom stereocenters. The van der Waals surface area contributed by atoms with E-state index in [-0.39, 0.29) is 50.7 Å². The molecular weight excluding hydrogens is 642 g/mol. The van der Waals surface area contributed by atoms with Crippen molar-refractivity contribution in [2.75, 3.05) is 24.6 Å². The fourth-order valence-corrected chi connectivity index (χ4v) is 3.11. The molecule has 0 spiro atoms. The molecule has 0 aromatic carbocycles. The molecule has 43 heavy (non-hydrogen) atoms. The third kappa shape index (κ3) is 23.6. The number of nitrogens with one attached hydrogen (secondary N) is 4. The van der Waals surface area contributed by atoms with Gasteiger partial charge in [0.25, 0.3) is 0 Å². The van der Waals surface area contributed by atoms with E-state index in [9.17, 15) is 43.3 Å². The second kappa shape index (κ2) is 24.9. The Balaban J connectivity index is -0.000000730. The molecule has 0 saturated heterocycles. The molecule has 0 heterocycles. The standard InChI is InChI=1S/C10H16N4O7S.C10H17N3O6S.H2S/c11-5(10(19)20)1-2-7(15)13-6(4-22-14-21)9(18)12-3-8(16)17;11-5(10(18)19)1-2-7(14)13-6(4-20)9(17)12-3-8(15)16;/h5-6H,1-4,11H2,(H,12,18)(H,13,15)(H,16,17)(H,19,20);5-6,20H,1-4,11H2,(H,12,17)(H,13,14)(H,15,16)(H,18,19);1H2. The lowest BCUT2D eigenvalue weighted by molar-refractivity contribution is -0.140. The smallest absolute Gasteiger partial charge is 0.322 e. The molecular formula is C20H35N7O13S3. The Hall–Kier alpha value is -3.67. The van der Waals surface area contributed by atoms with Crippen LogP contribution in [0.3, 0.4) is 0 Å². The molecule has 4 amide bonds. The van der Waals surface area contributed by atoms with Crippen molar-refractivity contribution < 1.29 is 58.8 Å². The first kappa shape index (κ1) is 43.8. The van der Waals surface area contributed by atoms with Crippen LogP contribution in [0.15, 0.2) is 4.58 Å². The third-order valence-corrected chi connectivity index (χ3v) is 5.56. The molecule has 0 aromatic heterocycles. The van der Waals surface area contributed by atoms with Gasteiger partial charge in [-0.05, 0) is 12.8 Å². The normalized spacial score (nSPS) is 12.6. The summed E-state index contributed by atoms with van der Waals surface area (Å²) in [5, 5.41) is 42.7. The van der Waals surface area contributed by atoms with Gasteiger partial charge in [-0.15, -0.1) is 4.91 Å². The molecule has 0 aliphatic carbocycles. The molecule has 246 valence electrons. The highest BCUT2D eigenvalue weighted by Crippen LogP contribution is 2.05. The van der Waals surface area contributed by atoms with Crippen molar-refractivity contribution in [2.45, 2.75) is 49.9 Å². The minimum absolute atomic E-state index is 0. The Morgan fingerprint density at radius 1 is 0.721 bits per heavy atom. The largest absolute Gasteiger partial charge is 0.480 e. The van der Waals surface area contributed by atoms with E-state index < -0.39 is 84.8 Å². The molecule has 0 aromatic rings. The van der Waals surface area contributed by atoms with E-state index in [4.69, 9.17) is 31.9 Å². The number of amides is 4. The van der Waals surface area contributed by atoms with Crippen LogP contribution in [0.25, 0.3) is 0 Å². The molecule has 23 heteroatoms. The number of carbonyl (C=O) groups is 8. The van der Waals surface area contributed by atoms with Crippen LogP contribution in [0.5, 0.6) is 0 Å². The SMILES string of the molecule is NC(CCC(=O)NC(CS)C(=O)NCC(=O)O)C(=O)O.NC(CCC(=O)NC(CSN=O)C(=O)NCC(=O)O)C(=O)O.S. The van der Waals surface area contributed by atoms with E-state index in [1.165, 1.54) is 0 Å². The Morgan fingerprint density at radius 2 is 1.09 bits per heavy atom.